The third-order valence-corrected chi connectivity index (χ3v) is 1.71. The van der Waals surface area contributed by atoms with E-state index in [9.17, 15) is 14.4 Å². The normalized spacial score (nSPS) is 11.1. The maximum atomic E-state index is 9.90. The van der Waals surface area contributed by atoms with E-state index < -0.39 is 29.5 Å². The molecule has 20 heavy (non-hydrogen) atoms. The van der Waals surface area contributed by atoms with E-state index in [0.29, 0.717) is 0 Å². The summed E-state index contributed by atoms with van der Waals surface area (Å²) in [5.74, 6) is -2.63. The van der Waals surface area contributed by atoms with Crippen molar-refractivity contribution in [3.8, 4) is 0 Å². The van der Waals surface area contributed by atoms with Crippen molar-refractivity contribution in [1.29, 1.82) is 0 Å². The molecule has 8 N–H and O–H groups in total. The lowest BCUT2D eigenvalue weighted by atomic mass is 10.1. The van der Waals surface area contributed by atoms with Gasteiger partial charge in [0, 0.05) is 6.54 Å². The van der Waals surface area contributed by atoms with Gasteiger partial charge in [-0.3, -0.25) is 14.4 Å². The molecule has 0 unspecified atom stereocenters. The predicted molar refractivity (Wildman–Crippen MR) is 73.4 cm³/mol. The average Bonchev–Trinajstić information content (AvgIpc) is 2.27. The van der Waals surface area contributed by atoms with E-state index in [2.05, 4.69) is 5.32 Å². The molecule has 0 aromatic heterocycles. The van der Waals surface area contributed by atoms with Gasteiger partial charge in [0.05, 0.1) is 6.42 Å². The van der Waals surface area contributed by atoms with Crippen LogP contribution < -0.4 is 16.8 Å². The fourth-order valence-electron chi connectivity index (χ4n) is 0.247. The quantitative estimate of drug-likeness (QED) is 0.367. The predicted octanol–water partition coefficient (Wildman–Crippen LogP) is -1.09. The van der Waals surface area contributed by atoms with Crippen LogP contribution in [0.25, 0.3) is 0 Å². The third kappa shape index (κ3) is 21.6. The highest BCUT2D eigenvalue weighted by Crippen LogP contribution is 1.93. The monoisotopic (exact) mass is 295 g/mol. The number of hydrogen-bond donors (Lipinski definition) is 6. The summed E-state index contributed by atoms with van der Waals surface area (Å²) in [4.78, 5) is 29.3. The van der Waals surface area contributed by atoms with E-state index in [0.717, 1.165) is 0 Å². The number of likely N-dealkylation sites (N-methyl/N-ethyl adjacent to an activating group) is 1. The van der Waals surface area contributed by atoms with Crippen molar-refractivity contribution < 1.29 is 29.7 Å². The maximum absolute atomic E-state index is 9.90. The van der Waals surface area contributed by atoms with Crippen LogP contribution in [-0.4, -0.2) is 58.4 Å². The number of hydrogen-bond acceptors (Lipinski definition) is 6. The van der Waals surface area contributed by atoms with Crippen LogP contribution in [0.5, 0.6) is 0 Å². The lowest BCUT2D eigenvalue weighted by Gasteiger charge is -2.09. The van der Waals surface area contributed by atoms with Crippen molar-refractivity contribution in [2.75, 3.05) is 13.6 Å². The molecule has 0 heterocycles. The van der Waals surface area contributed by atoms with Crippen LogP contribution in [0, 0.1) is 0 Å². The molecule has 0 aliphatic rings. The van der Waals surface area contributed by atoms with Crippen LogP contribution in [0.4, 0.5) is 0 Å². The zero-order valence-electron chi connectivity index (χ0n) is 12.2. The molecule has 9 heteroatoms. The first-order chi connectivity index (χ1) is 8.89. The van der Waals surface area contributed by atoms with Crippen molar-refractivity contribution in [3.05, 3.63) is 0 Å². The Bertz CT molecular complexity index is 301. The Morgan fingerprint density at radius 2 is 1.55 bits per heavy atom. The summed E-state index contributed by atoms with van der Waals surface area (Å²) in [7, 11) is 1.61. The van der Waals surface area contributed by atoms with Crippen LogP contribution in [0.2, 0.25) is 0 Å². The summed E-state index contributed by atoms with van der Waals surface area (Å²) in [6.45, 7) is 4.70. The minimum atomic E-state index is -1.08. The molecule has 0 bridgehead atoms. The summed E-state index contributed by atoms with van der Waals surface area (Å²) in [5.41, 5.74) is 8.84. The number of nitrogens with two attached hydrogens (primary N) is 2. The van der Waals surface area contributed by atoms with Gasteiger partial charge >= 0.3 is 17.9 Å². The van der Waals surface area contributed by atoms with Gasteiger partial charge in [-0.25, -0.2) is 0 Å². The van der Waals surface area contributed by atoms with Crippen molar-refractivity contribution in [2.45, 2.75) is 38.8 Å². The highest BCUT2D eigenvalue weighted by molar-refractivity contribution is 5.77. The number of carbonyl (C=O) groups is 3. The Morgan fingerprint density at radius 3 is 1.55 bits per heavy atom. The molecule has 0 aromatic rings. The fourth-order valence-corrected chi connectivity index (χ4v) is 0.247. The second-order valence-corrected chi connectivity index (χ2v) is 4.31. The zero-order valence-corrected chi connectivity index (χ0v) is 12.2. The topological polar surface area (TPSA) is 176 Å². The zero-order chi connectivity index (χ0) is 16.9. The summed E-state index contributed by atoms with van der Waals surface area (Å²) >= 11 is 0. The number of carboxylic acids is 3. The first-order valence-electron chi connectivity index (χ1n) is 5.74. The first kappa shape index (κ1) is 23.4. The summed E-state index contributed by atoms with van der Waals surface area (Å²) < 4.78 is 0. The van der Waals surface area contributed by atoms with Crippen molar-refractivity contribution in [3.63, 3.8) is 0 Å². The molecule has 0 saturated heterocycles. The van der Waals surface area contributed by atoms with Gasteiger partial charge in [0.15, 0.2) is 0 Å². The standard InChI is InChI=1S/2C4H9NO2.C3H7NO2/c1-4(2,5)3(6)7;1-3(5-2)4(6)7;4-2-1-3(5)6/h5H2,1-2H3,(H,6,7);3,5H,1-2H3,(H,6,7);1-2,4H2,(H,5,6)/t;3-;/m.1./s1. The molecule has 0 saturated carbocycles. The summed E-state index contributed by atoms with van der Waals surface area (Å²) in [6.07, 6.45) is 0.0694. The van der Waals surface area contributed by atoms with Crippen molar-refractivity contribution in [2.24, 2.45) is 11.5 Å². The Morgan fingerprint density at radius 1 is 1.20 bits per heavy atom. The Kier molecular flexibility index (Phi) is 14.4. The average molecular weight is 295 g/mol. The van der Waals surface area contributed by atoms with E-state index in [1.807, 2.05) is 0 Å². The van der Waals surface area contributed by atoms with Crippen LogP contribution in [-0.2, 0) is 14.4 Å². The molecular weight excluding hydrogens is 270 g/mol. The molecule has 9 nitrogen and oxygen atoms in total. The SMILES string of the molecule is CC(C)(N)C(=O)O.CN[C@H](C)C(=O)O.NCCC(=O)O. The van der Waals surface area contributed by atoms with Gasteiger partial charge < -0.3 is 32.1 Å². The van der Waals surface area contributed by atoms with Crippen LogP contribution >= 0.6 is 0 Å². The van der Waals surface area contributed by atoms with E-state index in [-0.39, 0.29) is 13.0 Å². The van der Waals surface area contributed by atoms with Crippen LogP contribution in [0.15, 0.2) is 0 Å². The lowest BCUT2D eigenvalue weighted by Crippen LogP contribution is -2.41. The molecule has 0 amide bonds. The van der Waals surface area contributed by atoms with Crippen LogP contribution in [0.3, 0.4) is 0 Å². The molecule has 1 atom stereocenters. The molecule has 120 valence electrons. The minimum Gasteiger partial charge on any atom is -0.481 e. The van der Waals surface area contributed by atoms with Gasteiger partial charge in [-0.1, -0.05) is 0 Å². The molecule has 0 aliphatic carbocycles. The van der Waals surface area contributed by atoms with Gasteiger partial charge in [0.25, 0.3) is 0 Å². The Hall–Kier alpha value is -1.71. The van der Waals surface area contributed by atoms with Crippen LogP contribution in [0.1, 0.15) is 27.2 Å². The molecule has 0 radical (unpaired) electrons. The Balaban J connectivity index is -0.000000218. The molecule has 0 aromatic carbocycles. The molecule has 0 rings (SSSR count). The highest BCUT2D eigenvalue weighted by Gasteiger charge is 2.19. The Labute approximate surface area is 117 Å². The van der Waals surface area contributed by atoms with Gasteiger partial charge in [0.2, 0.25) is 0 Å². The minimum absolute atomic E-state index is 0.0694. The third-order valence-electron chi connectivity index (χ3n) is 1.71. The number of aliphatic carboxylic acids is 3. The molecule has 0 spiro atoms. The second kappa shape index (κ2) is 12.3. The van der Waals surface area contributed by atoms with E-state index in [1.165, 1.54) is 13.8 Å². The van der Waals surface area contributed by atoms with Gasteiger partial charge in [-0.05, 0) is 27.8 Å². The van der Waals surface area contributed by atoms with Gasteiger partial charge in [0.1, 0.15) is 11.6 Å². The summed E-state index contributed by atoms with van der Waals surface area (Å²) in [6, 6.07) is -0.431. The second-order valence-electron chi connectivity index (χ2n) is 4.31. The number of nitrogens with one attached hydrogen (secondary N) is 1. The smallest absolute Gasteiger partial charge is 0.323 e. The fraction of sp³-hybridized carbons (Fsp3) is 0.727. The van der Waals surface area contributed by atoms with E-state index >= 15 is 0 Å². The van der Waals surface area contributed by atoms with E-state index in [1.54, 1.807) is 14.0 Å². The number of rotatable bonds is 5. The molecule has 0 aliphatic heterocycles. The first-order valence-corrected chi connectivity index (χ1v) is 5.74. The summed E-state index contributed by atoms with van der Waals surface area (Å²) in [5, 5.41) is 26.6. The molecular formula is C11H25N3O6. The lowest BCUT2D eigenvalue weighted by molar-refractivity contribution is -0.142. The molecule has 0 fully saturated rings. The van der Waals surface area contributed by atoms with Crippen molar-refractivity contribution >= 4 is 17.9 Å². The van der Waals surface area contributed by atoms with Gasteiger partial charge in [-0.15, -0.1) is 0 Å². The van der Waals surface area contributed by atoms with Crippen molar-refractivity contribution in [1.82, 2.24) is 5.32 Å². The van der Waals surface area contributed by atoms with Gasteiger partial charge in [-0.2, -0.15) is 0 Å². The number of carboxylic acid groups (broad SMARTS) is 3. The largest absolute Gasteiger partial charge is 0.481 e. The highest BCUT2D eigenvalue weighted by atomic mass is 16.4. The van der Waals surface area contributed by atoms with E-state index in [4.69, 9.17) is 26.8 Å². The maximum Gasteiger partial charge on any atom is 0.323 e.